The largest absolute Gasteiger partial charge is 0.325 e. The van der Waals surface area contributed by atoms with E-state index in [1.165, 1.54) is 17.0 Å². The normalized spacial score (nSPS) is 22.2. The number of hydrogen-bond donors (Lipinski definition) is 2. The number of fused-ring (bicyclic) bond motifs is 3. The maximum atomic E-state index is 13.3. The van der Waals surface area contributed by atoms with Gasteiger partial charge < -0.3 is 10.2 Å². The van der Waals surface area contributed by atoms with E-state index in [9.17, 15) is 22.8 Å². The van der Waals surface area contributed by atoms with Gasteiger partial charge in [0.05, 0.1) is 16.1 Å². The summed E-state index contributed by atoms with van der Waals surface area (Å²) in [6, 6.07) is 12.9. The Morgan fingerprint density at radius 1 is 1.12 bits per heavy atom. The van der Waals surface area contributed by atoms with E-state index in [1.807, 2.05) is 0 Å². The number of carbonyl (C=O) groups is 3. The van der Waals surface area contributed by atoms with Crippen molar-refractivity contribution in [3.63, 3.8) is 0 Å². The molecule has 3 amide bonds. The van der Waals surface area contributed by atoms with Gasteiger partial charge >= 0.3 is 0 Å². The first-order chi connectivity index (χ1) is 15.7. The number of amides is 3. The number of carbonyl (C=O) groups excluding carboxylic acids is 3. The Hall–Kier alpha value is -3.24. The summed E-state index contributed by atoms with van der Waals surface area (Å²) in [4.78, 5) is 41.9. The van der Waals surface area contributed by atoms with Gasteiger partial charge in [-0.1, -0.05) is 18.2 Å². The molecule has 33 heavy (non-hydrogen) atoms. The van der Waals surface area contributed by atoms with Gasteiger partial charge in [-0.3, -0.25) is 19.3 Å². The fourth-order valence-electron chi connectivity index (χ4n) is 4.52. The van der Waals surface area contributed by atoms with Crippen LogP contribution in [-0.2, 0) is 19.6 Å². The van der Waals surface area contributed by atoms with E-state index in [0.717, 1.165) is 12.8 Å². The fraction of sp³-hybridized carbons (Fsp3) is 0.348. The highest BCUT2D eigenvalue weighted by Gasteiger charge is 2.53. The predicted molar refractivity (Wildman–Crippen MR) is 121 cm³/mol. The van der Waals surface area contributed by atoms with Gasteiger partial charge in [0.25, 0.3) is 5.91 Å². The standard InChI is InChI=1S/C23H24N4O5S/c1-23-12-11-21(29)27(23)19-8-3-2-7-18(19)22(30)26(23)14-20(28)24-16-5-4-6-17(13-16)33(31,32)25-15-9-10-15/h2-8,13,15,25H,9-12,14H2,1H3,(H,24,28). The highest BCUT2D eigenvalue weighted by Crippen LogP contribution is 2.43. The molecule has 9 nitrogen and oxygen atoms in total. The summed E-state index contributed by atoms with van der Waals surface area (Å²) < 4.78 is 27.6. The van der Waals surface area contributed by atoms with Gasteiger partial charge in [-0.25, -0.2) is 13.1 Å². The van der Waals surface area contributed by atoms with Crippen LogP contribution in [0.5, 0.6) is 0 Å². The van der Waals surface area contributed by atoms with Gasteiger partial charge in [-0.2, -0.15) is 0 Å². The van der Waals surface area contributed by atoms with Crippen LogP contribution in [0, 0.1) is 0 Å². The average molecular weight is 469 g/mol. The minimum atomic E-state index is -3.66. The summed E-state index contributed by atoms with van der Waals surface area (Å²) in [6.45, 7) is 1.51. The second-order valence-electron chi connectivity index (χ2n) is 8.83. The van der Waals surface area contributed by atoms with Crippen molar-refractivity contribution in [2.24, 2.45) is 0 Å². The quantitative estimate of drug-likeness (QED) is 0.673. The number of nitrogens with zero attached hydrogens (tertiary/aromatic N) is 2. The topological polar surface area (TPSA) is 116 Å². The van der Waals surface area contributed by atoms with E-state index >= 15 is 0 Å². The molecule has 1 saturated carbocycles. The van der Waals surface area contributed by atoms with Crippen LogP contribution in [-0.4, -0.2) is 49.3 Å². The van der Waals surface area contributed by atoms with Crippen LogP contribution < -0.4 is 14.9 Å². The molecule has 0 bridgehead atoms. The summed E-state index contributed by atoms with van der Waals surface area (Å²) >= 11 is 0. The van der Waals surface area contributed by atoms with E-state index in [4.69, 9.17) is 0 Å². The van der Waals surface area contributed by atoms with Crippen molar-refractivity contribution in [1.29, 1.82) is 0 Å². The van der Waals surface area contributed by atoms with Gasteiger partial charge in [0, 0.05) is 18.2 Å². The van der Waals surface area contributed by atoms with Crippen LogP contribution in [0.3, 0.4) is 0 Å². The molecule has 1 atom stereocenters. The Morgan fingerprint density at radius 3 is 2.64 bits per heavy atom. The lowest BCUT2D eigenvalue weighted by Gasteiger charge is -2.48. The molecule has 2 aromatic rings. The van der Waals surface area contributed by atoms with Crippen LogP contribution in [0.25, 0.3) is 0 Å². The molecule has 10 heteroatoms. The molecular formula is C23H24N4O5S. The minimum Gasteiger partial charge on any atom is -0.325 e. The molecule has 0 spiro atoms. The first-order valence-corrected chi connectivity index (χ1v) is 12.3. The van der Waals surface area contributed by atoms with E-state index < -0.39 is 21.6 Å². The zero-order valence-corrected chi connectivity index (χ0v) is 18.9. The highest BCUT2D eigenvalue weighted by atomic mass is 32.2. The van der Waals surface area contributed by atoms with Crippen LogP contribution in [0.1, 0.15) is 43.0 Å². The van der Waals surface area contributed by atoms with Crippen molar-refractivity contribution in [3.05, 3.63) is 54.1 Å². The Bertz CT molecular complexity index is 1270. The first kappa shape index (κ1) is 21.6. The van der Waals surface area contributed by atoms with Gasteiger partial charge in [-0.15, -0.1) is 0 Å². The molecule has 1 saturated heterocycles. The molecule has 1 aliphatic carbocycles. The van der Waals surface area contributed by atoms with E-state index in [-0.39, 0.29) is 35.7 Å². The van der Waals surface area contributed by atoms with E-state index in [2.05, 4.69) is 10.0 Å². The van der Waals surface area contributed by atoms with Gasteiger partial charge in [-0.05, 0) is 56.5 Å². The van der Waals surface area contributed by atoms with Gasteiger partial charge in [0.15, 0.2) is 0 Å². The maximum absolute atomic E-state index is 13.3. The molecule has 1 unspecified atom stereocenters. The summed E-state index contributed by atoms with van der Waals surface area (Å²) in [6.07, 6.45) is 2.34. The summed E-state index contributed by atoms with van der Waals surface area (Å²) in [5, 5.41) is 2.70. The molecule has 2 fully saturated rings. The van der Waals surface area contributed by atoms with Crippen molar-refractivity contribution in [2.45, 2.75) is 49.2 Å². The summed E-state index contributed by atoms with van der Waals surface area (Å²) in [5.41, 5.74) is 0.301. The summed E-state index contributed by atoms with van der Waals surface area (Å²) in [5.74, 6) is -0.893. The zero-order chi connectivity index (χ0) is 23.4. The second-order valence-corrected chi connectivity index (χ2v) is 10.5. The van der Waals surface area contributed by atoms with Crippen molar-refractivity contribution >= 4 is 39.1 Å². The van der Waals surface area contributed by atoms with Crippen molar-refractivity contribution < 1.29 is 22.8 Å². The number of para-hydroxylation sites is 1. The molecular weight excluding hydrogens is 444 g/mol. The smallest absolute Gasteiger partial charge is 0.258 e. The Morgan fingerprint density at radius 2 is 1.88 bits per heavy atom. The molecule has 172 valence electrons. The molecule has 2 aromatic carbocycles. The number of nitrogens with one attached hydrogen (secondary N) is 2. The van der Waals surface area contributed by atoms with Crippen molar-refractivity contribution in [2.75, 3.05) is 16.8 Å². The third-order valence-electron chi connectivity index (χ3n) is 6.37. The number of hydrogen-bond acceptors (Lipinski definition) is 5. The molecule has 2 heterocycles. The molecule has 0 radical (unpaired) electrons. The highest BCUT2D eigenvalue weighted by molar-refractivity contribution is 7.89. The molecule has 2 N–H and O–H groups in total. The Balaban J connectivity index is 1.37. The Kier molecular flexibility index (Phi) is 5.02. The maximum Gasteiger partial charge on any atom is 0.258 e. The van der Waals surface area contributed by atoms with Crippen LogP contribution in [0.15, 0.2) is 53.4 Å². The van der Waals surface area contributed by atoms with Crippen LogP contribution >= 0.6 is 0 Å². The molecule has 5 rings (SSSR count). The molecule has 3 aliphatic rings. The molecule has 0 aromatic heterocycles. The van der Waals surface area contributed by atoms with Gasteiger partial charge in [0.2, 0.25) is 21.8 Å². The number of sulfonamides is 1. The van der Waals surface area contributed by atoms with Gasteiger partial charge in [0.1, 0.15) is 12.2 Å². The third-order valence-corrected chi connectivity index (χ3v) is 7.89. The zero-order valence-electron chi connectivity index (χ0n) is 18.1. The fourth-order valence-corrected chi connectivity index (χ4v) is 5.87. The first-order valence-electron chi connectivity index (χ1n) is 10.9. The lowest BCUT2D eigenvalue weighted by molar-refractivity contribution is -0.120. The van der Waals surface area contributed by atoms with Crippen molar-refractivity contribution in [3.8, 4) is 0 Å². The lowest BCUT2D eigenvalue weighted by Crippen LogP contribution is -2.63. The molecule has 2 aliphatic heterocycles. The van der Waals surface area contributed by atoms with Crippen molar-refractivity contribution in [1.82, 2.24) is 9.62 Å². The third kappa shape index (κ3) is 3.79. The number of anilines is 2. The van der Waals surface area contributed by atoms with Crippen LogP contribution in [0.4, 0.5) is 11.4 Å². The van der Waals surface area contributed by atoms with Crippen LogP contribution in [0.2, 0.25) is 0 Å². The Labute approximate surface area is 191 Å². The minimum absolute atomic E-state index is 0.0287. The number of rotatable bonds is 6. The van der Waals surface area contributed by atoms with E-state index in [0.29, 0.717) is 23.4 Å². The number of benzene rings is 2. The van der Waals surface area contributed by atoms with E-state index in [1.54, 1.807) is 48.2 Å². The average Bonchev–Trinajstić information content (AvgIpc) is 3.53. The second kappa shape index (κ2) is 7.67. The lowest BCUT2D eigenvalue weighted by atomic mass is 9.98. The SMILES string of the molecule is CC12CCC(=O)N1c1ccccc1C(=O)N2CC(=O)Nc1cccc(S(=O)(=O)NC2CC2)c1. The monoisotopic (exact) mass is 468 g/mol. The summed E-state index contributed by atoms with van der Waals surface area (Å²) in [7, 11) is -3.66. The predicted octanol–water partition coefficient (Wildman–Crippen LogP) is 2.06.